The maximum atomic E-state index is 5.59. The minimum Gasteiger partial charge on any atom is -0.486 e. The van der Waals surface area contributed by atoms with Crippen LogP contribution >= 0.6 is 0 Å². The van der Waals surface area contributed by atoms with Crippen LogP contribution in [0.5, 0.6) is 11.5 Å². The molecule has 0 aliphatic carbocycles. The van der Waals surface area contributed by atoms with Crippen molar-refractivity contribution in [3.8, 4) is 11.5 Å². The van der Waals surface area contributed by atoms with Crippen LogP contribution in [-0.2, 0) is 0 Å². The number of hydrogen-bond donors (Lipinski definition) is 1. The second-order valence-electron chi connectivity index (χ2n) is 5.30. The first-order valence-electron chi connectivity index (χ1n) is 7.32. The summed E-state index contributed by atoms with van der Waals surface area (Å²) in [7, 11) is 0. The summed E-state index contributed by atoms with van der Waals surface area (Å²) in [4.78, 5) is 7.96. The zero-order chi connectivity index (χ0) is 14.9. The van der Waals surface area contributed by atoms with Crippen molar-refractivity contribution in [2.24, 2.45) is 4.99 Å². The Bertz CT molecular complexity index is 865. The van der Waals surface area contributed by atoms with E-state index in [-0.39, 0.29) is 0 Å². The molecule has 1 N–H and O–H groups in total. The minimum atomic E-state index is 0.585. The maximum absolute atomic E-state index is 5.59. The van der Waals surface area contributed by atoms with Crippen LogP contribution in [0.25, 0.3) is 10.9 Å². The summed E-state index contributed by atoms with van der Waals surface area (Å²) >= 11 is 0. The van der Waals surface area contributed by atoms with Gasteiger partial charge in [0.05, 0.1) is 5.69 Å². The van der Waals surface area contributed by atoms with Crippen molar-refractivity contribution < 1.29 is 9.47 Å². The van der Waals surface area contributed by atoms with Crippen molar-refractivity contribution in [3.63, 3.8) is 0 Å². The van der Waals surface area contributed by atoms with Crippen LogP contribution in [0.3, 0.4) is 0 Å². The number of fused-ring (bicyclic) bond motifs is 2. The van der Waals surface area contributed by atoms with Crippen LogP contribution in [0.2, 0.25) is 0 Å². The van der Waals surface area contributed by atoms with E-state index in [0.29, 0.717) is 13.2 Å². The number of hydrogen-bond acceptors (Lipinski definition) is 3. The molecule has 0 saturated heterocycles. The van der Waals surface area contributed by atoms with Gasteiger partial charge in [0.15, 0.2) is 11.5 Å². The molecule has 0 spiro atoms. The molecule has 110 valence electrons. The molecule has 0 saturated carbocycles. The Morgan fingerprint density at radius 1 is 1.05 bits per heavy atom. The minimum absolute atomic E-state index is 0.585. The Labute approximate surface area is 128 Å². The third-order valence-electron chi connectivity index (χ3n) is 3.81. The van der Waals surface area contributed by atoms with E-state index in [0.717, 1.165) is 34.0 Å². The van der Waals surface area contributed by atoms with Crippen LogP contribution < -0.4 is 9.47 Å². The number of rotatable bonds is 2. The summed E-state index contributed by atoms with van der Waals surface area (Å²) in [5.41, 5.74) is 4.21. The predicted octanol–water partition coefficient (Wildman–Crippen LogP) is 4.00. The Kier molecular flexibility index (Phi) is 3.07. The van der Waals surface area contributed by atoms with E-state index < -0.39 is 0 Å². The lowest BCUT2D eigenvalue weighted by Crippen LogP contribution is -2.14. The van der Waals surface area contributed by atoms with Gasteiger partial charge in [0.25, 0.3) is 0 Å². The van der Waals surface area contributed by atoms with Gasteiger partial charge in [-0.3, -0.25) is 4.99 Å². The first-order chi connectivity index (χ1) is 10.8. The molecule has 2 heterocycles. The molecule has 22 heavy (non-hydrogen) atoms. The Balaban J connectivity index is 1.70. The number of H-pyrrole nitrogens is 1. The van der Waals surface area contributed by atoms with Gasteiger partial charge < -0.3 is 14.5 Å². The molecule has 4 heteroatoms. The van der Waals surface area contributed by atoms with Crippen molar-refractivity contribution in [2.45, 2.75) is 6.92 Å². The number of aliphatic imine (C=N–C) groups is 1. The van der Waals surface area contributed by atoms with Crippen LogP contribution in [0.1, 0.15) is 11.3 Å². The molecule has 0 fully saturated rings. The highest BCUT2D eigenvalue weighted by Crippen LogP contribution is 2.33. The lowest BCUT2D eigenvalue weighted by atomic mass is 10.1. The van der Waals surface area contributed by atoms with Crippen LogP contribution in [0.4, 0.5) is 5.69 Å². The summed E-state index contributed by atoms with van der Waals surface area (Å²) in [5, 5.41) is 1.18. The molecule has 1 aliphatic rings. The predicted molar refractivity (Wildman–Crippen MR) is 87.7 cm³/mol. The molecule has 0 unspecified atom stereocenters. The zero-order valence-electron chi connectivity index (χ0n) is 12.3. The fourth-order valence-corrected chi connectivity index (χ4v) is 2.72. The van der Waals surface area contributed by atoms with Crippen LogP contribution in [-0.4, -0.2) is 24.4 Å². The van der Waals surface area contributed by atoms with E-state index in [2.05, 4.69) is 29.0 Å². The number of ether oxygens (including phenoxy) is 2. The molecule has 3 aromatic rings. The first kappa shape index (κ1) is 13.0. The van der Waals surface area contributed by atoms with Gasteiger partial charge in [0, 0.05) is 34.4 Å². The lowest BCUT2D eigenvalue weighted by Gasteiger charge is -2.18. The van der Waals surface area contributed by atoms with E-state index in [1.54, 1.807) is 0 Å². The normalized spacial score (nSPS) is 13.9. The van der Waals surface area contributed by atoms with Crippen molar-refractivity contribution in [1.29, 1.82) is 0 Å². The van der Waals surface area contributed by atoms with E-state index in [1.807, 2.05) is 36.5 Å². The summed E-state index contributed by atoms with van der Waals surface area (Å²) in [6, 6.07) is 14.0. The lowest BCUT2D eigenvalue weighted by molar-refractivity contribution is 0.171. The molecule has 1 aromatic heterocycles. The number of aromatic amines is 1. The van der Waals surface area contributed by atoms with Gasteiger partial charge in [-0.2, -0.15) is 0 Å². The van der Waals surface area contributed by atoms with Gasteiger partial charge in [-0.15, -0.1) is 0 Å². The van der Waals surface area contributed by atoms with Crippen molar-refractivity contribution in [3.05, 3.63) is 53.7 Å². The van der Waals surface area contributed by atoms with Gasteiger partial charge in [-0.1, -0.05) is 18.2 Å². The fourth-order valence-electron chi connectivity index (χ4n) is 2.72. The number of benzene rings is 2. The number of para-hydroxylation sites is 1. The van der Waals surface area contributed by atoms with Crippen molar-refractivity contribution in [2.75, 3.05) is 13.2 Å². The third kappa shape index (κ3) is 2.22. The van der Waals surface area contributed by atoms with Crippen molar-refractivity contribution in [1.82, 2.24) is 4.98 Å². The van der Waals surface area contributed by atoms with Gasteiger partial charge in [0.2, 0.25) is 0 Å². The maximum Gasteiger partial charge on any atom is 0.163 e. The monoisotopic (exact) mass is 292 g/mol. The Hall–Kier alpha value is -2.75. The fraction of sp³-hybridized carbons (Fsp3) is 0.167. The number of aryl methyl sites for hydroxylation is 1. The number of nitrogens with zero attached hydrogens (tertiary/aromatic N) is 1. The zero-order valence-corrected chi connectivity index (χ0v) is 12.3. The van der Waals surface area contributed by atoms with Crippen LogP contribution in [0.15, 0.2) is 47.5 Å². The standard InChI is InChI=1S/C18H16N2O2/c1-12-15(14-4-2-3-5-16(14)20-12)11-19-13-6-7-17-18(10-13)22-9-8-21-17/h2-7,10-11,20H,8-9H2,1H3. The smallest absolute Gasteiger partial charge is 0.163 e. The topological polar surface area (TPSA) is 46.6 Å². The largest absolute Gasteiger partial charge is 0.486 e. The molecule has 2 aromatic carbocycles. The molecule has 0 radical (unpaired) electrons. The Morgan fingerprint density at radius 2 is 1.86 bits per heavy atom. The molecule has 1 aliphatic heterocycles. The molecule has 4 rings (SSSR count). The van der Waals surface area contributed by atoms with Gasteiger partial charge in [-0.25, -0.2) is 0 Å². The molecule has 0 amide bonds. The second-order valence-corrected chi connectivity index (χ2v) is 5.30. The highest BCUT2D eigenvalue weighted by Gasteiger charge is 2.11. The average molecular weight is 292 g/mol. The highest BCUT2D eigenvalue weighted by atomic mass is 16.6. The summed E-state index contributed by atoms with van der Waals surface area (Å²) < 4.78 is 11.1. The molecule has 0 bridgehead atoms. The van der Waals surface area contributed by atoms with Gasteiger partial charge in [0.1, 0.15) is 13.2 Å². The van der Waals surface area contributed by atoms with E-state index in [4.69, 9.17) is 9.47 Å². The SMILES string of the molecule is Cc1[nH]c2ccccc2c1C=Nc1ccc2c(c1)OCCO2. The number of aromatic nitrogens is 1. The van der Waals surface area contributed by atoms with Gasteiger partial charge in [-0.05, 0) is 25.1 Å². The summed E-state index contributed by atoms with van der Waals surface area (Å²) in [6.07, 6.45) is 1.90. The Morgan fingerprint density at radius 3 is 2.77 bits per heavy atom. The summed E-state index contributed by atoms with van der Waals surface area (Å²) in [5.74, 6) is 1.55. The quantitative estimate of drug-likeness (QED) is 0.726. The molecular formula is C18H16N2O2. The summed E-state index contributed by atoms with van der Waals surface area (Å²) in [6.45, 7) is 3.25. The van der Waals surface area contributed by atoms with Gasteiger partial charge >= 0.3 is 0 Å². The van der Waals surface area contributed by atoms with Crippen molar-refractivity contribution >= 4 is 22.8 Å². The van der Waals surface area contributed by atoms with Crippen LogP contribution in [0, 0.1) is 6.92 Å². The molecular weight excluding hydrogens is 276 g/mol. The number of nitrogens with one attached hydrogen (secondary N) is 1. The first-order valence-corrected chi connectivity index (χ1v) is 7.32. The average Bonchev–Trinajstić information content (AvgIpc) is 2.88. The third-order valence-corrected chi connectivity index (χ3v) is 3.81. The van der Waals surface area contributed by atoms with E-state index >= 15 is 0 Å². The van der Waals surface area contributed by atoms with E-state index in [9.17, 15) is 0 Å². The second kappa shape index (κ2) is 5.22. The van der Waals surface area contributed by atoms with E-state index in [1.165, 1.54) is 5.39 Å². The molecule has 4 nitrogen and oxygen atoms in total. The molecule has 0 atom stereocenters. The highest BCUT2D eigenvalue weighted by molar-refractivity contribution is 6.01.